The van der Waals surface area contributed by atoms with Crippen LogP contribution in [-0.2, 0) is 0 Å². The zero-order valence-corrected chi connectivity index (χ0v) is 7.11. The average Bonchev–Trinajstić information content (AvgIpc) is 2.15. The Labute approximate surface area is 82.1 Å². The van der Waals surface area contributed by atoms with Crippen LogP contribution in [0, 0.1) is 20.2 Å². The van der Waals surface area contributed by atoms with Crippen molar-refractivity contribution in [3.8, 4) is 5.75 Å². The van der Waals surface area contributed by atoms with Crippen LogP contribution < -0.4 is 0 Å². The van der Waals surface area contributed by atoms with Gasteiger partial charge in [-0.1, -0.05) is 0 Å². The van der Waals surface area contributed by atoms with Gasteiger partial charge in [-0.25, -0.2) is 0 Å². The highest BCUT2D eigenvalue weighted by Crippen LogP contribution is 2.37. The highest BCUT2D eigenvalue weighted by Gasteiger charge is 2.28. The molecule has 0 aromatic heterocycles. The molecular formula is C7H4N2O6. The van der Waals surface area contributed by atoms with Gasteiger partial charge < -0.3 is 5.11 Å². The number of aromatic hydroxyl groups is 1. The lowest BCUT2D eigenvalue weighted by atomic mass is 10.1. The number of benzene rings is 1. The fraction of sp³-hybridized carbons (Fsp3) is 0. The van der Waals surface area contributed by atoms with Gasteiger partial charge in [0, 0.05) is 6.07 Å². The Morgan fingerprint density at radius 3 is 2.20 bits per heavy atom. The van der Waals surface area contributed by atoms with Crippen molar-refractivity contribution in [2.75, 3.05) is 0 Å². The van der Waals surface area contributed by atoms with E-state index in [1.165, 1.54) is 0 Å². The van der Waals surface area contributed by atoms with Gasteiger partial charge in [-0.2, -0.15) is 0 Å². The summed E-state index contributed by atoms with van der Waals surface area (Å²) in [5, 5.41) is 30.0. The molecule has 8 heteroatoms. The Bertz CT molecular complexity index is 455. The second-order valence-electron chi connectivity index (χ2n) is 2.50. The number of rotatable bonds is 3. The van der Waals surface area contributed by atoms with Crippen molar-refractivity contribution in [1.29, 1.82) is 0 Å². The molecule has 0 aliphatic carbocycles. The van der Waals surface area contributed by atoms with Gasteiger partial charge in [0.1, 0.15) is 0 Å². The largest absolute Gasteiger partial charge is 0.497 e. The average molecular weight is 212 g/mol. The molecule has 0 heterocycles. The van der Waals surface area contributed by atoms with E-state index in [4.69, 9.17) is 0 Å². The molecular weight excluding hydrogens is 208 g/mol. The number of carbonyl (C=O) groups excluding carboxylic acids is 1. The minimum Gasteiger partial charge on any atom is -0.497 e. The molecule has 0 saturated carbocycles. The maximum Gasteiger partial charge on any atom is 0.328 e. The van der Waals surface area contributed by atoms with Crippen LogP contribution in [0.5, 0.6) is 5.75 Å². The molecule has 0 fully saturated rings. The molecule has 0 aliphatic heterocycles. The van der Waals surface area contributed by atoms with Gasteiger partial charge >= 0.3 is 11.4 Å². The minimum atomic E-state index is -1.12. The lowest BCUT2D eigenvalue weighted by molar-refractivity contribution is -0.396. The third kappa shape index (κ3) is 1.73. The van der Waals surface area contributed by atoms with Crippen LogP contribution in [0.2, 0.25) is 0 Å². The number of carbonyl (C=O) groups is 1. The fourth-order valence-electron chi connectivity index (χ4n) is 1.02. The summed E-state index contributed by atoms with van der Waals surface area (Å²) in [5.74, 6) is -1.12. The summed E-state index contributed by atoms with van der Waals surface area (Å²) in [4.78, 5) is 29.1. The van der Waals surface area contributed by atoms with Gasteiger partial charge in [0.05, 0.1) is 15.4 Å². The molecule has 0 unspecified atom stereocenters. The number of phenols is 1. The van der Waals surface area contributed by atoms with Crippen molar-refractivity contribution >= 4 is 17.7 Å². The molecule has 1 N–H and O–H groups in total. The van der Waals surface area contributed by atoms with Gasteiger partial charge in [0.15, 0.2) is 6.29 Å². The monoisotopic (exact) mass is 212 g/mol. The maximum absolute atomic E-state index is 10.4. The number of nitro groups is 2. The number of nitrogens with zero attached hydrogens (tertiary/aromatic N) is 2. The summed E-state index contributed by atoms with van der Waals surface area (Å²) >= 11 is 0. The normalized spacial score (nSPS) is 9.60. The van der Waals surface area contributed by atoms with Crippen LogP contribution in [0.25, 0.3) is 0 Å². The number of phenolic OH excluding ortho intramolecular Hbond substituents is 1. The second-order valence-corrected chi connectivity index (χ2v) is 2.50. The van der Waals surface area contributed by atoms with E-state index in [2.05, 4.69) is 0 Å². The molecule has 0 saturated heterocycles. The highest BCUT2D eigenvalue weighted by atomic mass is 16.6. The van der Waals surface area contributed by atoms with Crippen LogP contribution in [0.15, 0.2) is 12.1 Å². The molecule has 0 radical (unpaired) electrons. The second kappa shape index (κ2) is 3.70. The molecule has 1 aromatic rings. The summed E-state index contributed by atoms with van der Waals surface area (Å²) in [6, 6.07) is 1.73. The standard InChI is InChI=1S/C7H4N2O6/c10-3-4-1-2-5(8(12)13)7(11)6(4)9(14)15/h1-3,11H. The Morgan fingerprint density at radius 2 is 1.80 bits per heavy atom. The van der Waals surface area contributed by atoms with Crippen molar-refractivity contribution in [3.05, 3.63) is 37.9 Å². The molecule has 1 aromatic carbocycles. The van der Waals surface area contributed by atoms with E-state index in [1.807, 2.05) is 0 Å². The number of hydrogen-bond acceptors (Lipinski definition) is 6. The van der Waals surface area contributed by atoms with Gasteiger partial charge in [-0.05, 0) is 6.07 Å². The fourth-order valence-corrected chi connectivity index (χ4v) is 1.02. The van der Waals surface area contributed by atoms with Crippen LogP contribution in [0.3, 0.4) is 0 Å². The first-order valence-corrected chi connectivity index (χ1v) is 3.59. The van der Waals surface area contributed by atoms with E-state index in [0.29, 0.717) is 0 Å². The summed E-state index contributed by atoms with van der Waals surface area (Å²) in [5.41, 5.74) is -2.19. The predicted octanol–water partition coefficient (Wildman–Crippen LogP) is 1.02. The molecule has 0 bridgehead atoms. The third-order valence-corrected chi connectivity index (χ3v) is 1.67. The Hall–Kier alpha value is -2.51. The van der Waals surface area contributed by atoms with E-state index < -0.39 is 32.5 Å². The van der Waals surface area contributed by atoms with E-state index in [1.54, 1.807) is 0 Å². The van der Waals surface area contributed by atoms with Crippen LogP contribution in [0.1, 0.15) is 10.4 Å². The summed E-state index contributed by atoms with van der Waals surface area (Å²) in [7, 11) is 0. The van der Waals surface area contributed by atoms with Gasteiger partial charge in [0.25, 0.3) is 5.75 Å². The van der Waals surface area contributed by atoms with E-state index in [-0.39, 0.29) is 6.29 Å². The van der Waals surface area contributed by atoms with Gasteiger partial charge in [0.2, 0.25) is 0 Å². The molecule has 1 rings (SSSR count). The summed E-state index contributed by atoms with van der Waals surface area (Å²) in [6.07, 6.45) is 0.140. The van der Waals surface area contributed by atoms with Crippen molar-refractivity contribution in [2.45, 2.75) is 0 Å². The van der Waals surface area contributed by atoms with Crippen molar-refractivity contribution < 1.29 is 19.7 Å². The molecule has 78 valence electrons. The summed E-state index contributed by atoms with van der Waals surface area (Å²) < 4.78 is 0. The zero-order chi connectivity index (χ0) is 11.6. The van der Waals surface area contributed by atoms with E-state index in [9.17, 15) is 30.1 Å². The maximum atomic E-state index is 10.4. The van der Waals surface area contributed by atoms with Crippen molar-refractivity contribution in [1.82, 2.24) is 0 Å². The Balaban J connectivity index is 3.56. The Morgan fingerprint density at radius 1 is 1.20 bits per heavy atom. The van der Waals surface area contributed by atoms with Crippen LogP contribution in [0.4, 0.5) is 11.4 Å². The summed E-state index contributed by atoms with van der Waals surface area (Å²) in [6.45, 7) is 0. The lowest BCUT2D eigenvalue weighted by Crippen LogP contribution is -1.98. The minimum absolute atomic E-state index is 0.140. The number of hydrogen-bond donors (Lipinski definition) is 1. The van der Waals surface area contributed by atoms with E-state index >= 15 is 0 Å². The van der Waals surface area contributed by atoms with Gasteiger partial charge in [-0.3, -0.25) is 25.0 Å². The number of nitro benzene ring substituents is 2. The molecule has 0 atom stereocenters. The quantitative estimate of drug-likeness (QED) is 0.453. The van der Waals surface area contributed by atoms with Crippen molar-refractivity contribution in [3.63, 3.8) is 0 Å². The van der Waals surface area contributed by atoms with Crippen molar-refractivity contribution in [2.24, 2.45) is 0 Å². The molecule has 0 amide bonds. The SMILES string of the molecule is O=Cc1ccc([N+](=O)[O-])c(O)c1[N+](=O)[O-]. The number of aldehydes is 1. The van der Waals surface area contributed by atoms with Crippen LogP contribution in [-0.4, -0.2) is 21.2 Å². The van der Waals surface area contributed by atoms with E-state index in [0.717, 1.165) is 12.1 Å². The predicted molar refractivity (Wildman–Crippen MR) is 46.8 cm³/mol. The van der Waals surface area contributed by atoms with Gasteiger partial charge in [-0.15, -0.1) is 0 Å². The zero-order valence-electron chi connectivity index (χ0n) is 7.11. The molecule has 8 nitrogen and oxygen atoms in total. The van der Waals surface area contributed by atoms with Crippen LogP contribution >= 0.6 is 0 Å². The topological polar surface area (TPSA) is 124 Å². The molecule has 0 aliphatic rings. The third-order valence-electron chi connectivity index (χ3n) is 1.67. The smallest absolute Gasteiger partial charge is 0.328 e. The molecule has 15 heavy (non-hydrogen) atoms. The first kappa shape index (κ1) is 10.6. The lowest BCUT2D eigenvalue weighted by Gasteiger charge is -1.99. The highest BCUT2D eigenvalue weighted by molar-refractivity contribution is 5.85. The molecule has 0 spiro atoms. The first-order valence-electron chi connectivity index (χ1n) is 3.59. The Kier molecular flexibility index (Phi) is 2.61. The first-order chi connectivity index (χ1) is 6.99.